The van der Waals surface area contributed by atoms with Gasteiger partial charge < -0.3 is 0 Å². The average molecular weight is 213 g/mol. The third-order valence-corrected chi connectivity index (χ3v) is 4.41. The van der Waals surface area contributed by atoms with E-state index in [4.69, 9.17) is 10.7 Å². The number of thioether (sulfide) groups is 1. The zero-order chi connectivity index (χ0) is 8.48. The molecule has 1 rings (SSSR count). The van der Waals surface area contributed by atoms with E-state index in [0.717, 1.165) is 17.9 Å². The number of hydrogen-bond donors (Lipinski definition) is 0. The second kappa shape index (κ2) is 3.37. The van der Waals surface area contributed by atoms with E-state index in [9.17, 15) is 8.42 Å². The van der Waals surface area contributed by atoms with Crippen LogP contribution in [0.4, 0.5) is 0 Å². The average Bonchev–Trinajstić information content (AvgIpc) is 2.34. The van der Waals surface area contributed by atoms with Gasteiger partial charge in [0.25, 0.3) is 9.05 Å². The first-order valence-electron chi connectivity index (χ1n) is 3.23. The monoisotopic (exact) mass is 212 g/mol. The van der Waals surface area contributed by atoms with Crippen molar-refractivity contribution in [2.45, 2.75) is 6.42 Å². The van der Waals surface area contributed by atoms with E-state index in [1.165, 1.54) is 0 Å². The van der Waals surface area contributed by atoms with E-state index in [1.54, 1.807) is 11.8 Å². The number of hydrogen-bond acceptors (Lipinski definition) is 3. The first-order chi connectivity index (χ1) is 5.02. The molecular formula is C6H9ClO2S2. The van der Waals surface area contributed by atoms with E-state index in [0.29, 0.717) is 0 Å². The van der Waals surface area contributed by atoms with E-state index < -0.39 is 9.05 Å². The van der Waals surface area contributed by atoms with Gasteiger partial charge in [-0.1, -0.05) is 6.58 Å². The number of rotatable bonds is 2. The maximum absolute atomic E-state index is 10.8. The summed E-state index contributed by atoms with van der Waals surface area (Å²) in [6.07, 6.45) is 0.884. The molecule has 1 fully saturated rings. The molecule has 0 aromatic carbocycles. The highest BCUT2D eigenvalue weighted by molar-refractivity contribution is 8.16. The molecule has 0 aromatic rings. The van der Waals surface area contributed by atoms with Crippen molar-refractivity contribution in [1.29, 1.82) is 0 Å². The van der Waals surface area contributed by atoms with Crippen LogP contribution < -0.4 is 0 Å². The Hall–Kier alpha value is 0.330. The molecule has 0 bridgehead atoms. The quantitative estimate of drug-likeness (QED) is 0.655. The Kier molecular flexibility index (Phi) is 2.89. The fraction of sp³-hybridized carbons (Fsp3) is 0.667. The molecule has 1 saturated heterocycles. The van der Waals surface area contributed by atoms with Crippen LogP contribution in [0.2, 0.25) is 0 Å². The summed E-state index contributed by atoms with van der Waals surface area (Å²) in [5.41, 5.74) is 0. The third-order valence-electron chi connectivity index (χ3n) is 1.70. The van der Waals surface area contributed by atoms with Gasteiger partial charge in [-0.25, -0.2) is 8.42 Å². The van der Waals surface area contributed by atoms with Gasteiger partial charge in [0.2, 0.25) is 0 Å². The lowest BCUT2D eigenvalue weighted by molar-refractivity contribution is 0.605. The summed E-state index contributed by atoms with van der Waals surface area (Å²) in [5.74, 6) is 1.92. The molecule has 1 unspecified atom stereocenters. The second-order valence-electron chi connectivity index (χ2n) is 2.46. The zero-order valence-corrected chi connectivity index (χ0v) is 8.31. The van der Waals surface area contributed by atoms with E-state index in [-0.39, 0.29) is 10.8 Å². The van der Waals surface area contributed by atoms with Crippen molar-refractivity contribution in [3.63, 3.8) is 0 Å². The van der Waals surface area contributed by atoms with Gasteiger partial charge >= 0.3 is 0 Å². The largest absolute Gasteiger partial charge is 0.257 e. The number of allylic oxidation sites excluding steroid dienone is 1. The maximum atomic E-state index is 10.8. The molecule has 0 aliphatic carbocycles. The van der Waals surface area contributed by atoms with Crippen LogP contribution in [0.1, 0.15) is 6.42 Å². The topological polar surface area (TPSA) is 34.1 Å². The van der Waals surface area contributed by atoms with Gasteiger partial charge in [0.05, 0.1) is 4.91 Å². The highest BCUT2D eigenvalue weighted by Gasteiger charge is 2.25. The molecule has 64 valence electrons. The fourth-order valence-electron chi connectivity index (χ4n) is 0.988. The predicted octanol–water partition coefficient (Wildman–Crippen LogP) is 1.82. The molecule has 1 aliphatic heterocycles. The first kappa shape index (κ1) is 9.42. The first-order valence-corrected chi connectivity index (χ1v) is 6.69. The molecule has 1 aliphatic rings. The molecule has 1 atom stereocenters. The molecule has 0 amide bonds. The Morgan fingerprint density at radius 2 is 2.27 bits per heavy atom. The lowest BCUT2D eigenvalue weighted by Crippen LogP contribution is -2.07. The summed E-state index contributed by atoms with van der Waals surface area (Å²) in [4.78, 5) is 0.184. The highest BCUT2D eigenvalue weighted by Crippen LogP contribution is 2.32. The summed E-state index contributed by atoms with van der Waals surface area (Å²) in [6, 6.07) is 0. The molecule has 0 radical (unpaired) electrons. The molecule has 0 spiro atoms. The van der Waals surface area contributed by atoms with Gasteiger partial charge in [-0.2, -0.15) is 11.8 Å². The SMILES string of the molecule is C=C(C1CCSC1)S(=O)(=O)Cl. The van der Waals surface area contributed by atoms with Gasteiger partial charge in [0, 0.05) is 22.4 Å². The van der Waals surface area contributed by atoms with Crippen molar-refractivity contribution in [3.8, 4) is 0 Å². The van der Waals surface area contributed by atoms with Crippen molar-refractivity contribution in [2.24, 2.45) is 5.92 Å². The molecule has 11 heavy (non-hydrogen) atoms. The zero-order valence-electron chi connectivity index (χ0n) is 5.92. The van der Waals surface area contributed by atoms with Crippen LogP contribution in [0.15, 0.2) is 11.5 Å². The van der Waals surface area contributed by atoms with Crippen LogP contribution in [0.3, 0.4) is 0 Å². The normalized spacial score (nSPS) is 25.4. The minimum atomic E-state index is -3.52. The minimum Gasteiger partial charge on any atom is -0.207 e. The Morgan fingerprint density at radius 1 is 1.64 bits per heavy atom. The van der Waals surface area contributed by atoms with Crippen molar-refractivity contribution in [1.82, 2.24) is 0 Å². The van der Waals surface area contributed by atoms with Gasteiger partial charge in [-0.05, 0) is 12.2 Å². The third kappa shape index (κ3) is 2.39. The summed E-state index contributed by atoms with van der Waals surface area (Å²) >= 11 is 1.74. The van der Waals surface area contributed by atoms with Crippen molar-refractivity contribution in [3.05, 3.63) is 11.5 Å². The fourth-order valence-corrected chi connectivity index (χ4v) is 3.34. The van der Waals surface area contributed by atoms with Gasteiger partial charge in [0.15, 0.2) is 0 Å². The summed E-state index contributed by atoms with van der Waals surface area (Å²) < 4.78 is 21.5. The van der Waals surface area contributed by atoms with Crippen LogP contribution in [-0.4, -0.2) is 19.9 Å². The summed E-state index contributed by atoms with van der Waals surface area (Å²) in [7, 11) is 1.61. The molecular weight excluding hydrogens is 204 g/mol. The van der Waals surface area contributed by atoms with Crippen LogP contribution in [0.5, 0.6) is 0 Å². The molecule has 0 saturated carbocycles. The highest BCUT2D eigenvalue weighted by atomic mass is 35.7. The van der Waals surface area contributed by atoms with Crippen molar-refractivity contribution in [2.75, 3.05) is 11.5 Å². The molecule has 5 heteroatoms. The Morgan fingerprint density at radius 3 is 2.64 bits per heavy atom. The van der Waals surface area contributed by atoms with Crippen molar-refractivity contribution < 1.29 is 8.42 Å². The number of halogens is 1. The van der Waals surface area contributed by atoms with E-state index >= 15 is 0 Å². The second-order valence-corrected chi connectivity index (χ2v) is 6.23. The van der Waals surface area contributed by atoms with E-state index in [1.807, 2.05) is 0 Å². The molecule has 2 nitrogen and oxygen atoms in total. The molecule has 0 aromatic heterocycles. The summed E-state index contributed by atoms with van der Waals surface area (Å²) in [6.45, 7) is 3.47. The lowest BCUT2D eigenvalue weighted by atomic mass is 10.1. The van der Waals surface area contributed by atoms with Gasteiger partial charge in [-0.15, -0.1) is 0 Å². The van der Waals surface area contributed by atoms with Gasteiger partial charge in [-0.3, -0.25) is 0 Å². The Labute approximate surface area is 75.4 Å². The smallest absolute Gasteiger partial charge is 0.207 e. The standard InChI is InChI=1S/C6H9ClO2S2/c1-5(11(7,8)9)6-2-3-10-4-6/h6H,1-4H2. The summed E-state index contributed by atoms with van der Waals surface area (Å²) in [5, 5.41) is 0. The minimum absolute atomic E-state index is 0.0718. The molecule has 0 N–H and O–H groups in total. The van der Waals surface area contributed by atoms with Crippen LogP contribution in [0.25, 0.3) is 0 Å². The predicted molar refractivity (Wildman–Crippen MR) is 49.3 cm³/mol. The van der Waals surface area contributed by atoms with Crippen LogP contribution >= 0.6 is 22.4 Å². The van der Waals surface area contributed by atoms with Crippen LogP contribution in [-0.2, 0) is 9.05 Å². The lowest BCUT2D eigenvalue weighted by Gasteiger charge is -2.07. The van der Waals surface area contributed by atoms with Crippen molar-refractivity contribution >= 4 is 31.5 Å². The van der Waals surface area contributed by atoms with Crippen LogP contribution in [0, 0.1) is 5.92 Å². The molecule has 1 heterocycles. The maximum Gasteiger partial charge on any atom is 0.257 e. The van der Waals surface area contributed by atoms with E-state index in [2.05, 4.69) is 6.58 Å². The Balaban J connectivity index is 2.69. The Bertz CT molecular complexity index is 252. The van der Waals surface area contributed by atoms with Gasteiger partial charge in [0.1, 0.15) is 0 Å².